The Balaban J connectivity index is 1.86. The normalized spacial score (nSPS) is 18.3. The second-order valence-corrected chi connectivity index (χ2v) is 4.72. The molecule has 0 spiro atoms. The zero-order valence-corrected chi connectivity index (χ0v) is 11.2. The molecule has 20 heavy (non-hydrogen) atoms. The van der Waals surface area contributed by atoms with Gasteiger partial charge in [0.25, 0.3) is 0 Å². The molecular formula is C14H16N4O2. The van der Waals surface area contributed by atoms with Crippen LogP contribution in [0.5, 0.6) is 5.88 Å². The van der Waals surface area contributed by atoms with Crippen LogP contribution in [0.4, 0.5) is 5.82 Å². The van der Waals surface area contributed by atoms with E-state index in [0.717, 1.165) is 24.3 Å². The monoisotopic (exact) mass is 272 g/mol. The lowest BCUT2D eigenvalue weighted by Gasteiger charge is -2.16. The van der Waals surface area contributed by atoms with Gasteiger partial charge in [0.05, 0.1) is 13.2 Å². The van der Waals surface area contributed by atoms with Gasteiger partial charge in [-0.1, -0.05) is 0 Å². The van der Waals surface area contributed by atoms with Gasteiger partial charge in [-0.3, -0.25) is 0 Å². The first-order valence-electron chi connectivity index (χ1n) is 6.53. The van der Waals surface area contributed by atoms with Crippen molar-refractivity contribution in [1.29, 1.82) is 0 Å². The highest BCUT2D eigenvalue weighted by Crippen LogP contribution is 2.22. The van der Waals surface area contributed by atoms with E-state index in [4.69, 9.17) is 4.74 Å². The minimum Gasteiger partial charge on any atom is -0.481 e. The quantitative estimate of drug-likeness (QED) is 0.902. The second kappa shape index (κ2) is 5.42. The van der Waals surface area contributed by atoms with Gasteiger partial charge < -0.3 is 14.7 Å². The molecular weight excluding hydrogens is 256 g/mol. The van der Waals surface area contributed by atoms with Crippen LogP contribution in [0.15, 0.2) is 30.6 Å². The summed E-state index contributed by atoms with van der Waals surface area (Å²) >= 11 is 0. The number of aromatic nitrogens is 3. The van der Waals surface area contributed by atoms with Crippen molar-refractivity contribution in [3.05, 3.63) is 30.6 Å². The summed E-state index contributed by atoms with van der Waals surface area (Å²) in [6.07, 6.45) is 3.93. The number of β-amino-alcohol motifs (C(OH)–C–C–N with tert-alkyl or cyclic N) is 1. The Labute approximate surface area is 117 Å². The summed E-state index contributed by atoms with van der Waals surface area (Å²) in [5.74, 6) is 2.02. The van der Waals surface area contributed by atoms with Crippen molar-refractivity contribution in [2.45, 2.75) is 12.5 Å². The lowest BCUT2D eigenvalue weighted by molar-refractivity contribution is 0.198. The molecule has 1 N–H and O–H groups in total. The highest BCUT2D eigenvalue weighted by atomic mass is 16.5. The van der Waals surface area contributed by atoms with Crippen LogP contribution in [0.25, 0.3) is 11.4 Å². The molecule has 0 bridgehead atoms. The van der Waals surface area contributed by atoms with Gasteiger partial charge in [-0.25, -0.2) is 15.0 Å². The minimum atomic E-state index is -0.268. The van der Waals surface area contributed by atoms with E-state index in [0.29, 0.717) is 18.2 Å². The van der Waals surface area contributed by atoms with Crippen molar-refractivity contribution >= 4 is 5.82 Å². The molecule has 0 unspecified atom stereocenters. The summed E-state index contributed by atoms with van der Waals surface area (Å²) < 4.78 is 5.03. The number of hydrogen-bond acceptors (Lipinski definition) is 6. The first-order valence-corrected chi connectivity index (χ1v) is 6.53. The molecule has 3 heterocycles. The molecule has 104 valence electrons. The SMILES string of the molecule is COc1ccc(-c2nccc(N3CC[C@@H](O)C3)n2)cn1. The molecule has 3 rings (SSSR count). The molecule has 6 heteroatoms. The molecule has 6 nitrogen and oxygen atoms in total. The number of hydrogen-bond donors (Lipinski definition) is 1. The Bertz CT molecular complexity index is 588. The summed E-state index contributed by atoms with van der Waals surface area (Å²) in [5.41, 5.74) is 0.840. The Morgan fingerprint density at radius 3 is 2.85 bits per heavy atom. The zero-order chi connectivity index (χ0) is 13.9. The van der Waals surface area contributed by atoms with E-state index in [-0.39, 0.29) is 6.10 Å². The summed E-state index contributed by atoms with van der Waals surface area (Å²) in [4.78, 5) is 15.0. The summed E-state index contributed by atoms with van der Waals surface area (Å²) in [5, 5.41) is 9.60. The molecule has 0 radical (unpaired) electrons. The summed E-state index contributed by atoms with van der Waals surface area (Å²) in [6.45, 7) is 1.44. The predicted molar refractivity (Wildman–Crippen MR) is 74.7 cm³/mol. The third-order valence-electron chi connectivity index (χ3n) is 3.33. The molecule has 0 aliphatic carbocycles. The lowest BCUT2D eigenvalue weighted by atomic mass is 10.2. The third-order valence-corrected chi connectivity index (χ3v) is 3.33. The lowest BCUT2D eigenvalue weighted by Crippen LogP contribution is -2.22. The van der Waals surface area contributed by atoms with Crippen molar-refractivity contribution in [2.24, 2.45) is 0 Å². The van der Waals surface area contributed by atoms with Crippen LogP contribution in [0.1, 0.15) is 6.42 Å². The molecule has 0 saturated carbocycles. The van der Waals surface area contributed by atoms with Crippen molar-refractivity contribution in [1.82, 2.24) is 15.0 Å². The van der Waals surface area contributed by atoms with Gasteiger partial charge in [-0.05, 0) is 18.6 Å². The average Bonchev–Trinajstić information content (AvgIpc) is 2.94. The van der Waals surface area contributed by atoms with Crippen molar-refractivity contribution in [3.8, 4) is 17.3 Å². The smallest absolute Gasteiger partial charge is 0.212 e. The number of nitrogens with zero attached hydrogens (tertiary/aromatic N) is 4. The number of aliphatic hydroxyl groups is 1. The Hall–Kier alpha value is -2.21. The van der Waals surface area contributed by atoms with Crippen molar-refractivity contribution < 1.29 is 9.84 Å². The van der Waals surface area contributed by atoms with Gasteiger partial charge in [0.15, 0.2) is 5.82 Å². The second-order valence-electron chi connectivity index (χ2n) is 4.72. The predicted octanol–water partition coefficient (Wildman–Crippen LogP) is 1.12. The van der Waals surface area contributed by atoms with Gasteiger partial charge in [0.1, 0.15) is 5.82 Å². The largest absolute Gasteiger partial charge is 0.481 e. The molecule has 0 amide bonds. The summed E-state index contributed by atoms with van der Waals surface area (Å²) in [6, 6.07) is 5.52. The third kappa shape index (κ3) is 2.55. The van der Waals surface area contributed by atoms with E-state index in [9.17, 15) is 5.11 Å². The first kappa shape index (κ1) is 12.8. The van der Waals surface area contributed by atoms with Crippen LogP contribution in [-0.2, 0) is 0 Å². The molecule has 1 atom stereocenters. The van der Waals surface area contributed by atoms with E-state index in [1.165, 1.54) is 0 Å². The summed E-state index contributed by atoms with van der Waals surface area (Å²) in [7, 11) is 1.58. The van der Waals surface area contributed by atoms with E-state index < -0.39 is 0 Å². The maximum Gasteiger partial charge on any atom is 0.212 e. The fourth-order valence-electron chi connectivity index (χ4n) is 2.25. The number of rotatable bonds is 3. The fourth-order valence-corrected chi connectivity index (χ4v) is 2.25. The van der Waals surface area contributed by atoms with E-state index in [1.54, 1.807) is 25.6 Å². The van der Waals surface area contributed by atoms with Gasteiger partial charge in [0.2, 0.25) is 5.88 Å². The van der Waals surface area contributed by atoms with Crippen LogP contribution < -0.4 is 9.64 Å². The molecule has 2 aromatic rings. The number of pyridine rings is 1. The molecule has 1 aliphatic heterocycles. The van der Waals surface area contributed by atoms with Crippen LogP contribution in [-0.4, -0.2) is 46.4 Å². The van der Waals surface area contributed by atoms with Crippen LogP contribution in [0, 0.1) is 0 Å². The first-order chi connectivity index (χ1) is 9.76. The highest BCUT2D eigenvalue weighted by molar-refractivity contribution is 5.56. The number of anilines is 1. The van der Waals surface area contributed by atoms with E-state index in [1.807, 2.05) is 12.1 Å². The maximum absolute atomic E-state index is 9.60. The average molecular weight is 272 g/mol. The highest BCUT2D eigenvalue weighted by Gasteiger charge is 2.21. The van der Waals surface area contributed by atoms with Crippen LogP contribution in [0.2, 0.25) is 0 Å². The molecule has 1 saturated heterocycles. The maximum atomic E-state index is 9.60. The van der Waals surface area contributed by atoms with E-state index in [2.05, 4.69) is 19.9 Å². The zero-order valence-electron chi connectivity index (χ0n) is 11.2. The fraction of sp³-hybridized carbons (Fsp3) is 0.357. The number of ether oxygens (including phenoxy) is 1. The van der Waals surface area contributed by atoms with Crippen LogP contribution >= 0.6 is 0 Å². The van der Waals surface area contributed by atoms with Crippen LogP contribution in [0.3, 0.4) is 0 Å². The molecule has 2 aromatic heterocycles. The molecule has 1 aliphatic rings. The van der Waals surface area contributed by atoms with Gasteiger partial charge in [-0.2, -0.15) is 0 Å². The topological polar surface area (TPSA) is 71.4 Å². The molecule has 0 aromatic carbocycles. The van der Waals surface area contributed by atoms with Gasteiger partial charge >= 0.3 is 0 Å². The van der Waals surface area contributed by atoms with Gasteiger partial charge in [-0.15, -0.1) is 0 Å². The van der Waals surface area contributed by atoms with Crippen molar-refractivity contribution in [2.75, 3.05) is 25.1 Å². The molecule has 1 fully saturated rings. The number of methoxy groups -OCH3 is 1. The number of aliphatic hydroxyl groups excluding tert-OH is 1. The minimum absolute atomic E-state index is 0.268. The standard InChI is InChI=1S/C14H16N4O2/c1-20-13-3-2-10(8-16-13)14-15-6-4-12(17-14)18-7-5-11(19)9-18/h2-4,6,8,11,19H,5,7,9H2,1H3/t11-/m1/s1. The van der Waals surface area contributed by atoms with Crippen molar-refractivity contribution in [3.63, 3.8) is 0 Å². The van der Waals surface area contributed by atoms with Gasteiger partial charge in [0, 0.05) is 37.1 Å². The Kier molecular flexibility index (Phi) is 3.47. The van der Waals surface area contributed by atoms with E-state index >= 15 is 0 Å². The Morgan fingerprint density at radius 1 is 1.30 bits per heavy atom. The Morgan fingerprint density at radius 2 is 2.20 bits per heavy atom.